The van der Waals surface area contributed by atoms with E-state index in [2.05, 4.69) is 42.3 Å². The first-order valence-corrected chi connectivity index (χ1v) is 21.0. The van der Waals surface area contributed by atoms with Gasteiger partial charge < -0.3 is 24.7 Å². The Hall–Kier alpha value is -5.36. The Balaban J connectivity index is 0.828. The molecule has 0 aliphatic carbocycles. The molecule has 0 spiro atoms. The number of nitrogens with zero attached hydrogens (tertiary/aromatic N) is 6. The van der Waals surface area contributed by atoms with Gasteiger partial charge in [-0.25, -0.2) is 4.39 Å². The number of hydrogen-bond donors (Lipinski definition) is 2. The summed E-state index contributed by atoms with van der Waals surface area (Å²) in [7, 11) is 1.96. The molecular weight excluding hydrogens is 734 g/mol. The van der Waals surface area contributed by atoms with Crippen molar-refractivity contribution in [3.8, 4) is 17.0 Å². The first kappa shape index (κ1) is 39.5. The minimum absolute atomic E-state index is 0.109. The van der Waals surface area contributed by atoms with E-state index in [1.54, 1.807) is 30.5 Å². The lowest BCUT2D eigenvalue weighted by atomic mass is 9.71. The molecule has 8 rings (SSSR count). The van der Waals surface area contributed by atoms with Crippen LogP contribution in [0.25, 0.3) is 11.3 Å². The van der Waals surface area contributed by atoms with Gasteiger partial charge in [-0.05, 0) is 117 Å². The van der Waals surface area contributed by atoms with Crippen molar-refractivity contribution in [1.82, 2.24) is 25.3 Å². The fourth-order valence-corrected chi connectivity index (χ4v) is 9.70. The van der Waals surface area contributed by atoms with Gasteiger partial charge in [0.15, 0.2) is 0 Å². The molecule has 304 valence electrons. The number of aromatic nitrogens is 2. The number of piperidine rings is 4. The molecule has 0 unspecified atom stereocenters. The number of likely N-dealkylation sites (N-methyl/N-ethyl adjacent to an activating group) is 1. The summed E-state index contributed by atoms with van der Waals surface area (Å²) < 4.78 is 14.2. The molecule has 4 fully saturated rings. The monoisotopic (exact) mass is 787 g/mol. The molecule has 4 aliphatic heterocycles. The number of anilines is 2. The summed E-state index contributed by atoms with van der Waals surface area (Å²) in [5, 5.41) is 21.4. The number of likely N-dealkylation sites (tertiary alicyclic amines) is 1. The lowest BCUT2D eigenvalue weighted by Crippen LogP contribution is -2.56. The average Bonchev–Trinajstić information content (AvgIpc) is 3.26. The van der Waals surface area contributed by atoms with Crippen LogP contribution in [0.1, 0.15) is 74.8 Å². The minimum Gasteiger partial charge on any atom is -0.507 e. The van der Waals surface area contributed by atoms with Gasteiger partial charge in [-0.2, -0.15) is 10.2 Å². The number of phenols is 1. The molecule has 4 saturated heterocycles. The van der Waals surface area contributed by atoms with E-state index < -0.39 is 5.41 Å². The molecule has 58 heavy (non-hydrogen) atoms. The van der Waals surface area contributed by atoms with Crippen molar-refractivity contribution in [3.63, 3.8) is 0 Å². The number of carbonyl (C=O) groups is 3. The molecule has 1 atom stereocenters. The molecule has 3 amide bonds. The van der Waals surface area contributed by atoms with Gasteiger partial charge in [0.1, 0.15) is 11.6 Å². The summed E-state index contributed by atoms with van der Waals surface area (Å²) in [6, 6.07) is 24.0. The Morgan fingerprint density at radius 1 is 0.862 bits per heavy atom. The van der Waals surface area contributed by atoms with Crippen molar-refractivity contribution in [2.24, 2.45) is 5.92 Å². The van der Waals surface area contributed by atoms with E-state index in [9.17, 15) is 23.9 Å². The zero-order valence-corrected chi connectivity index (χ0v) is 33.4. The van der Waals surface area contributed by atoms with Crippen LogP contribution in [-0.4, -0.2) is 102 Å². The van der Waals surface area contributed by atoms with Crippen LogP contribution in [-0.2, 0) is 19.8 Å². The molecule has 0 saturated carbocycles. The van der Waals surface area contributed by atoms with Gasteiger partial charge in [0, 0.05) is 70.0 Å². The number of hydrogen-bond acceptors (Lipinski definition) is 9. The smallest absolute Gasteiger partial charge is 0.234 e. The third-order valence-electron chi connectivity index (χ3n) is 13.4. The number of aromatic hydroxyl groups is 1. The maximum absolute atomic E-state index is 14.7. The zero-order chi connectivity index (χ0) is 40.2. The lowest BCUT2D eigenvalue weighted by Gasteiger charge is -2.46. The van der Waals surface area contributed by atoms with Crippen LogP contribution < -0.4 is 15.1 Å². The summed E-state index contributed by atoms with van der Waals surface area (Å²) in [5.74, 6) is -0.00895. The molecule has 3 aromatic carbocycles. The Labute approximate surface area is 340 Å². The summed E-state index contributed by atoms with van der Waals surface area (Å²) in [5.41, 5.74) is 4.35. The van der Waals surface area contributed by atoms with E-state index in [1.165, 1.54) is 24.2 Å². The van der Waals surface area contributed by atoms with E-state index >= 15 is 0 Å². The molecule has 12 heteroatoms. The van der Waals surface area contributed by atoms with Crippen LogP contribution in [0.5, 0.6) is 5.75 Å². The summed E-state index contributed by atoms with van der Waals surface area (Å²) in [6.07, 6.45) is 9.19. The van der Waals surface area contributed by atoms with E-state index in [-0.39, 0.29) is 41.2 Å². The number of phenolic OH excluding ortho intramolecular Hbond substituents is 1. The lowest BCUT2D eigenvalue weighted by molar-refractivity contribution is -0.140. The molecule has 5 heterocycles. The fraction of sp³-hybridized carbons (Fsp3) is 0.457. The summed E-state index contributed by atoms with van der Waals surface area (Å²) >= 11 is 0. The highest BCUT2D eigenvalue weighted by molar-refractivity contribution is 6.01. The van der Waals surface area contributed by atoms with Gasteiger partial charge in [-0.15, -0.1) is 0 Å². The maximum atomic E-state index is 14.7. The number of halogens is 1. The van der Waals surface area contributed by atoms with Crippen LogP contribution >= 0.6 is 0 Å². The van der Waals surface area contributed by atoms with Crippen molar-refractivity contribution in [2.75, 3.05) is 62.7 Å². The van der Waals surface area contributed by atoms with Crippen molar-refractivity contribution >= 4 is 29.1 Å². The Morgan fingerprint density at radius 2 is 1.55 bits per heavy atom. The van der Waals surface area contributed by atoms with Crippen LogP contribution in [0.15, 0.2) is 85.1 Å². The zero-order valence-electron chi connectivity index (χ0n) is 33.4. The first-order valence-electron chi connectivity index (χ1n) is 21.0. The van der Waals surface area contributed by atoms with Gasteiger partial charge in [0.25, 0.3) is 0 Å². The Morgan fingerprint density at radius 3 is 2.24 bits per heavy atom. The number of rotatable bonds is 10. The number of amides is 3. The Bertz CT molecular complexity index is 2070. The predicted molar refractivity (Wildman–Crippen MR) is 222 cm³/mol. The number of imide groups is 1. The quantitative estimate of drug-likeness (QED) is 0.179. The van der Waals surface area contributed by atoms with Gasteiger partial charge in [0.05, 0.1) is 28.9 Å². The number of benzene rings is 3. The van der Waals surface area contributed by atoms with E-state index in [4.69, 9.17) is 0 Å². The van der Waals surface area contributed by atoms with Gasteiger partial charge in [-0.1, -0.05) is 36.4 Å². The number of para-hydroxylation sites is 1. The molecule has 4 aromatic rings. The highest BCUT2D eigenvalue weighted by atomic mass is 19.1. The maximum Gasteiger partial charge on any atom is 0.234 e. The normalized spacial score (nSPS) is 20.8. The Kier molecular flexibility index (Phi) is 11.7. The molecule has 2 N–H and O–H groups in total. The highest BCUT2D eigenvalue weighted by Crippen LogP contribution is 2.40. The highest BCUT2D eigenvalue weighted by Gasteiger charge is 2.46. The van der Waals surface area contributed by atoms with Crippen molar-refractivity contribution < 1.29 is 23.9 Å². The topological polar surface area (TPSA) is 122 Å². The third-order valence-corrected chi connectivity index (χ3v) is 13.4. The van der Waals surface area contributed by atoms with Crippen molar-refractivity contribution in [1.29, 1.82) is 0 Å². The largest absolute Gasteiger partial charge is 0.507 e. The van der Waals surface area contributed by atoms with Gasteiger partial charge in [-0.3, -0.25) is 19.7 Å². The average molecular weight is 788 g/mol. The molecular formula is C46H54FN7O4. The van der Waals surface area contributed by atoms with Gasteiger partial charge >= 0.3 is 0 Å². The number of carbonyl (C=O) groups excluding carboxylic acids is 3. The molecule has 0 radical (unpaired) electrons. The molecule has 4 aliphatic rings. The second kappa shape index (κ2) is 17.2. The third kappa shape index (κ3) is 8.43. The van der Waals surface area contributed by atoms with E-state index in [0.29, 0.717) is 55.9 Å². The van der Waals surface area contributed by atoms with Crippen LogP contribution in [0.3, 0.4) is 0 Å². The number of nitrogens with one attached hydrogen (secondary N) is 1. The fourth-order valence-electron chi connectivity index (χ4n) is 9.70. The van der Waals surface area contributed by atoms with E-state index in [0.717, 1.165) is 75.2 Å². The molecule has 1 aromatic heterocycles. The predicted octanol–water partition coefficient (Wildman–Crippen LogP) is 6.28. The van der Waals surface area contributed by atoms with Crippen molar-refractivity contribution in [3.05, 3.63) is 102 Å². The van der Waals surface area contributed by atoms with Gasteiger partial charge in [0.2, 0.25) is 17.7 Å². The SMILES string of the molecule is CN(C(=O)C1(c2ccc(F)cc2)CCN(c2cnnc(-c3ccccc3O)c2)CC1)C1CCN(CCC2CCN(c3ccc([C@H]4CCC(=O)NC4=O)cc3)CC2)CC1. The van der Waals surface area contributed by atoms with Crippen LogP contribution in [0.4, 0.5) is 15.8 Å². The molecule has 0 bridgehead atoms. The second-order valence-electron chi connectivity index (χ2n) is 16.7. The van der Waals surface area contributed by atoms with Crippen LogP contribution in [0, 0.1) is 11.7 Å². The second-order valence-corrected chi connectivity index (χ2v) is 16.7. The van der Waals surface area contributed by atoms with Crippen LogP contribution in [0.2, 0.25) is 0 Å². The first-order chi connectivity index (χ1) is 28.2. The molecule has 11 nitrogen and oxygen atoms in total. The standard InChI is InChI=1S/C46H54FN7O4/c1-51(36-19-24-52(25-20-36)23-16-32-17-26-53(27-18-32)37-12-6-33(7-13-37)39-14-15-43(56)49-44(39)57)45(58)46(34-8-10-35(47)11-9-34)21-28-54(29-22-46)38-30-41(50-48-31-38)40-4-2-3-5-42(40)55/h2-13,30-32,36,39,55H,14-29H2,1H3,(H,49,56,57)/t39-/m1/s1. The summed E-state index contributed by atoms with van der Waals surface area (Å²) in [6.45, 7) is 6.28. The van der Waals surface area contributed by atoms with Crippen molar-refractivity contribution in [2.45, 2.75) is 75.2 Å². The van der Waals surface area contributed by atoms with E-state index in [1.807, 2.05) is 42.3 Å². The minimum atomic E-state index is -0.762. The summed E-state index contributed by atoms with van der Waals surface area (Å²) in [4.78, 5) is 47.8.